The summed E-state index contributed by atoms with van der Waals surface area (Å²) in [4.78, 5) is 23.4. The molecule has 0 fully saturated rings. The zero-order valence-corrected chi connectivity index (χ0v) is 15.9. The van der Waals surface area contributed by atoms with Crippen LogP contribution in [-0.2, 0) is 4.79 Å². The van der Waals surface area contributed by atoms with Gasteiger partial charge in [-0.2, -0.15) is 0 Å². The van der Waals surface area contributed by atoms with Crippen molar-refractivity contribution in [2.24, 2.45) is 0 Å². The molecule has 3 aromatic rings. The lowest BCUT2D eigenvalue weighted by Gasteiger charge is -2.10. The Labute approximate surface area is 167 Å². The molecule has 0 spiro atoms. The topological polar surface area (TPSA) is 75.6 Å². The number of anilines is 1. The van der Waals surface area contributed by atoms with E-state index in [1.807, 2.05) is 43.3 Å². The number of rotatable bonds is 6. The number of aromatic carboxylic acids is 1. The smallest absolute Gasteiger partial charge is 0.337 e. The highest BCUT2D eigenvalue weighted by atomic mass is 35.5. The van der Waals surface area contributed by atoms with Gasteiger partial charge in [0.25, 0.3) is 5.91 Å². The second kappa shape index (κ2) is 8.59. The molecular formula is C22H18ClNO4. The molecule has 1 amide bonds. The largest absolute Gasteiger partial charge is 0.484 e. The fraction of sp³-hybridized carbons (Fsp3) is 0.0909. The van der Waals surface area contributed by atoms with Gasteiger partial charge in [0.1, 0.15) is 5.75 Å². The molecule has 0 atom stereocenters. The molecule has 0 radical (unpaired) electrons. The molecule has 2 N–H and O–H groups in total. The number of halogens is 1. The first-order chi connectivity index (χ1) is 13.4. The van der Waals surface area contributed by atoms with E-state index >= 15 is 0 Å². The molecular weight excluding hydrogens is 378 g/mol. The molecule has 5 nitrogen and oxygen atoms in total. The lowest BCUT2D eigenvalue weighted by molar-refractivity contribution is -0.118. The number of amides is 1. The van der Waals surface area contributed by atoms with Crippen molar-refractivity contribution in [2.45, 2.75) is 6.92 Å². The average molecular weight is 396 g/mol. The summed E-state index contributed by atoms with van der Waals surface area (Å²) in [6.45, 7) is 1.79. The molecule has 142 valence electrons. The minimum absolute atomic E-state index is 0.0803. The van der Waals surface area contributed by atoms with Gasteiger partial charge in [-0.3, -0.25) is 4.79 Å². The summed E-state index contributed by atoms with van der Waals surface area (Å²) in [6.07, 6.45) is 0. The normalized spacial score (nSPS) is 10.4. The van der Waals surface area contributed by atoms with Crippen molar-refractivity contribution in [2.75, 3.05) is 11.9 Å². The Morgan fingerprint density at radius 3 is 2.18 bits per heavy atom. The quantitative estimate of drug-likeness (QED) is 0.613. The van der Waals surface area contributed by atoms with Crippen LogP contribution in [0.2, 0.25) is 5.02 Å². The van der Waals surface area contributed by atoms with Crippen LogP contribution in [0.3, 0.4) is 0 Å². The van der Waals surface area contributed by atoms with E-state index in [1.165, 1.54) is 23.8 Å². The van der Waals surface area contributed by atoms with E-state index in [-0.39, 0.29) is 22.9 Å². The van der Waals surface area contributed by atoms with E-state index in [0.717, 1.165) is 11.1 Å². The Bertz CT molecular complexity index is 998. The van der Waals surface area contributed by atoms with Gasteiger partial charge >= 0.3 is 5.97 Å². The predicted molar refractivity (Wildman–Crippen MR) is 109 cm³/mol. The summed E-state index contributed by atoms with van der Waals surface area (Å²) < 4.78 is 5.49. The second-order valence-corrected chi connectivity index (χ2v) is 6.66. The number of carbonyl (C=O) groups excluding carboxylic acids is 1. The summed E-state index contributed by atoms with van der Waals surface area (Å²) in [6, 6.07) is 19.8. The van der Waals surface area contributed by atoms with Crippen molar-refractivity contribution in [3.8, 4) is 16.9 Å². The fourth-order valence-corrected chi connectivity index (χ4v) is 2.80. The zero-order valence-electron chi connectivity index (χ0n) is 15.1. The van der Waals surface area contributed by atoms with Gasteiger partial charge in [-0.1, -0.05) is 53.6 Å². The summed E-state index contributed by atoms with van der Waals surface area (Å²) in [5.41, 5.74) is 3.42. The highest BCUT2D eigenvalue weighted by Crippen LogP contribution is 2.23. The predicted octanol–water partition coefficient (Wildman–Crippen LogP) is 5.03. The Balaban J connectivity index is 1.61. The molecule has 0 aliphatic carbocycles. The molecule has 0 aliphatic heterocycles. The van der Waals surface area contributed by atoms with Crippen LogP contribution in [0.25, 0.3) is 11.1 Å². The highest BCUT2D eigenvalue weighted by molar-refractivity contribution is 6.31. The number of aryl methyl sites for hydroxylation is 1. The fourth-order valence-electron chi connectivity index (χ4n) is 2.63. The monoisotopic (exact) mass is 395 g/mol. The molecule has 28 heavy (non-hydrogen) atoms. The van der Waals surface area contributed by atoms with Crippen molar-refractivity contribution in [3.05, 3.63) is 82.9 Å². The third-order valence-electron chi connectivity index (χ3n) is 4.10. The summed E-state index contributed by atoms with van der Waals surface area (Å²) in [7, 11) is 0. The van der Waals surface area contributed by atoms with Gasteiger partial charge in [0.15, 0.2) is 6.61 Å². The van der Waals surface area contributed by atoms with Crippen molar-refractivity contribution >= 4 is 29.2 Å². The Kier molecular flexibility index (Phi) is 5.96. The third-order valence-corrected chi connectivity index (χ3v) is 4.33. The van der Waals surface area contributed by atoms with Gasteiger partial charge in [-0.05, 0) is 48.4 Å². The maximum Gasteiger partial charge on any atom is 0.337 e. The molecule has 0 aromatic heterocycles. The minimum atomic E-state index is -1.18. The zero-order chi connectivity index (χ0) is 20.1. The molecule has 3 aromatic carbocycles. The summed E-state index contributed by atoms with van der Waals surface area (Å²) >= 11 is 5.80. The first-order valence-electron chi connectivity index (χ1n) is 8.55. The molecule has 0 saturated heterocycles. The minimum Gasteiger partial charge on any atom is -0.484 e. The van der Waals surface area contributed by atoms with Crippen LogP contribution in [-0.4, -0.2) is 23.6 Å². The molecule has 3 rings (SSSR count). The number of nitrogens with one attached hydrogen (secondary N) is 1. The van der Waals surface area contributed by atoms with E-state index in [4.69, 9.17) is 16.3 Å². The van der Waals surface area contributed by atoms with Crippen LogP contribution < -0.4 is 10.1 Å². The van der Waals surface area contributed by atoms with Crippen LogP contribution in [0.15, 0.2) is 66.7 Å². The molecule has 6 heteroatoms. The molecule has 0 heterocycles. The van der Waals surface area contributed by atoms with Gasteiger partial charge in [-0.25, -0.2) is 4.79 Å². The lowest BCUT2D eigenvalue weighted by Crippen LogP contribution is -2.21. The van der Waals surface area contributed by atoms with Crippen molar-refractivity contribution in [1.82, 2.24) is 0 Å². The van der Waals surface area contributed by atoms with Gasteiger partial charge < -0.3 is 15.2 Å². The lowest BCUT2D eigenvalue weighted by atomic mass is 10.0. The van der Waals surface area contributed by atoms with E-state index < -0.39 is 11.9 Å². The Hall–Kier alpha value is -3.31. The first kappa shape index (κ1) is 19.5. The Morgan fingerprint density at radius 2 is 1.57 bits per heavy atom. The van der Waals surface area contributed by atoms with Crippen LogP contribution in [0.5, 0.6) is 5.75 Å². The summed E-state index contributed by atoms with van der Waals surface area (Å²) in [5, 5.41) is 12.0. The van der Waals surface area contributed by atoms with Crippen LogP contribution in [0, 0.1) is 6.92 Å². The number of benzene rings is 3. The third kappa shape index (κ3) is 4.90. The van der Waals surface area contributed by atoms with Gasteiger partial charge in [-0.15, -0.1) is 0 Å². The van der Waals surface area contributed by atoms with Crippen LogP contribution in [0.4, 0.5) is 5.69 Å². The van der Waals surface area contributed by atoms with Crippen molar-refractivity contribution < 1.29 is 19.4 Å². The maximum absolute atomic E-state index is 12.1. The molecule has 0 bridgehead atoms. The van der Waals surface area contributed by atoms with E-state index in [1.54, 1.807) is 12.1 Å². The number of carboxylic acid groups (broad SMARTS) is 1. The Morgan fingerprint density at radius 1 is 0.964 bits per heavy atom. The highest BCUT2D eigenvalue weighted by Gasteiger charge is 2.13. The SMILES string of the molecule is Cc1ccc(-c2ccc(OCC(=O)Nc3ccc(Cl)cc3C(=O)O)cc2)cc1. The maximum atomic E-state index is 12.1. The standard InChI is InChI=1S/C22H18ClNO4/c1-14-2-4-15(5-3-14)16-6-9-18(10-7-16)28-13-21(25)24-20-11-8-17(23)12-19(20)22(26)27/h2-12H,13H2,1H3,(H,24,25)(H,26,27). The number of hydrogen-bond donors (Lipinski definition) is 2. The van der Waals surface area contributed by atoms with E-state index in [9.17, 15) is 14.7 Å². The number of hydrogen-bond acceptors (Lipinski definition) is 3. The van der Waals surface area contributed by atoms with Crippen LogP contribution >= 0.6 is 11.6 Å². The van der Waals surface area contributed by atoms with E-state index in [2.05, 4.69) is 5.32 Å². The second-order valence-electron chi connectivity index (χ2n) is 6.22. The molecule has 0 aliphatic rings. The molecule has 0 saturated carbocycles. The van der Waals surface area contributed by atoms with E-state index in [0.29, 0.717) is 5.75 Å². The summed E-state index contributed by atoms with van der Waals surface area (Å²) in [5.74, 6) is -1.10. The number of carboxylic acids is 1. The number of carbonyl (C=O) groups is 2. The molecule has 0 unspecified atom stereocenters. The van der Waals surface area contributed by atoms with Gasteiger partial charge in [0.2, 0.25) is 0 Å². The number of ether oxygens (including phenoxy) is 1. The average Bonchev–Trinajstić information content (AvgIpc) is 2.69. The first-order valence-corrected chi connectivity index (χ1v) is 8.93. The van der Waals surface area contributed by atoms with Gasteiger partial charge in [0, 0.05) is 5.02 Å². The van der Waals surface area contributed by atoms with Crippen LogP contribution in [0.1, 0.15) is 15.9 Å². The van der Waals surface area contributed by atoms with Crippen molar-refractivity contribution in [3.63, 3.8) is 0 Å². The van der Waals surface area contributed by atoms with Gasteiger partial charge in [0.05, 0.1) is 11.3 Å². The van der Waals surface area contributed by atoms with Crippen molar-refractivity contribution in [1.29, 1.82) is 0 Å².